The van der Waals surface area contributed by atoms with Gasteiger partial charge in [-0.3, -0.25) is 4.79 Å². The van der Waals surface area contributed by atoms with Crippen LogP contribution in [0.3, 0.4) is 0 Å². The van der Waals surface area contributed by atoms with Gasteiger partial charge < -0.3 is 5.73 Å². The molecule has 0 radical (unpaired) electrons. The van der Waals surface area contributed by atoms with E-state index in [9.17, 15) is 9.18 Å². The maximum atomic E-state index is 12.9. The molecule has 0 atom stereocenters. The number of carbonyl (C=O) groups excluding carboxylic acids is 1. The number of benzene rings is 3. The Morgan fingerprint density at radius 3 is 2.00 bits per heavy atom. The van der Waals surface area contributed by atoms with Gasteiger partial charge in [0.2, 0.25) is 5.91 Å². The van der Waals surface area contributed by atoms with Crippen molar-refractivity contribution in [1.82, 2.24) is 0 Å². The van der Waals surface area contributed by atoms with E-state index in [0.717, 1.165) is 36.0 Å². The van der Waals surface area contributed by atoms with Gasteiger partial charge in [-0.2, -0.15) is 0 Å². The summed E-state index contributed by atoms with van der Waals surface area (Å²) >= 11 is 0. The molecule has 3 rings (SSSR count). The number of carbonyl (C=O) groups is 1. The quantitative estimate of drug-likeness (QED) is 0.694. The smallest absolute Gasteiger partial charge is 0.248 e. The molecule has 0 aromatic heterocycles. The van der Waals surface area contributed by atoms with Crippen LogP contribution in [0.4, 0.5) is 4.39 Å². The van der Waals surface area contributed by atoms with Crippen LogP contribution in [-0.4, -0.2) is 5.91 Å². The predicted octanol–water partition coefficient (Wildman–Crippen LogP) is 4.77. The molecule has 0 bridgehead atoms. The number of hydrogen-bond acceptors (Lipinski definition) is 1. The van der Waals surface area contributed by atoms with Gasteiger partial charge in [-0.15, -0.1) is 0 Å². The van der Waals surface area contributed by atoms with E-state index in [0.29, 0.717) is 5.56 Å². The molecule has 0 aliphatic heterocycles. The molecule has 0 unspecified atom stereocenters. The molecule has 0 fully saturated rings. The Bertz CT molecular complexity index is 854. The lowest BCUT2D eigenvalue weighted by Crippen LogP contribution is -2.10. The second kappa shape index (κ2) is 7.75. The first-order valence-corrected chi connectivity index (χ1v) is 8.35. The van der Waals surface area contributed by atoms with Gasteiger partial charge in [0.25, 0.3) is 0 Å². The number of halogens is 1. The van der Waals surface area contributed by atoms with Crippen molar-refractivity contribution >= 4 is 5.91 Å². The Labute approximate surface area is 147 Å². The van der Waals surface area contributed by atoms with E-state index in [1.54, 1.807) is 6.07 Å². The van der Waals surface area contributed by atoms with Crippen molar-refractivity contribution in [2.75, 3.05) is 0 Å². The standard InChI is InChI=1S/C22H20FNO/c23-21-13-9-17(10-14-21)4-1-3-16-7-11-18(12-8-16)19-5-2-6-20(15-19)22(24)25/h2,5-15H,1,3-4H2,(H2,24,25). The summed E-state index contributed by atoms with van der Waals surface area (Å²) in [7, 11) is 0. The SMILES string of the molecule is NC(=O)c1cccc(-c2ccc(CCCc3ccc(F)cc3)cc2)c1. The molecule has 3 aromatic carbocycles. The number of amides is 1. The zero-order valence-corrected chi connectivity index (χ0v) is 13.9. The molecule has 0 spiro atoms. The normalized spacial score (nSPS) is 10.6. The number of nitrogens with two attached hydrogens (primary N) is 1. The second-order valence-electron chi connectivity index (χ2n) is 6.12. The van der Waals surface area contributed by atoms with Gasteiger partial charge in [-0.1, -0.05) is 48.5 Å². The van der Waals surface area contributed by atoms with Gasteiger partial charge in [0.1, 0.15) is 5.82 Å². The third kappa shape index (κ3) is 4.54. The van der Waals surface area contributed by atoms with Gasteiger partial charge in [0, 0.05) is 5.56 Å². The first-order chi connectivity index (χ1) is 12.1. The van der Waals surface area contributed by atoms with Crippen LogP contribution in [0.2, 0.25) is 0 Å². The Kier molecular flexibility index (Phi) is 5.24. The minimum atomic E-state index is -0.417. The maximum Gasteiger partial charge on any atom is 0.248 e. The van der Waals surface area contributed by atoms with Crippen LogP contribution in [0, 0.1) is 5.82 Å². The Morgan fingerprint density at radius 2 is 1.40 bits per heavy atom. The van der Waals surface area contributed by atoms with E-state index in [1.807, 2.05) is 30.3 Å². The summed E-state index contributed by atoms with van der Waals surface area (Å²) in [6.07, 6.45) is 2.92. The molecule has 2 nitrogen and oxygen atoms in total. The highest BCUT2D eigenvalue weighted by Gasteiger charge is 2.04. The van der Waals surface area contributed by atoms with E-state index in [-0.39, 0.29) is 5.82 Å². The van der Waals surface area contributed by atoms with E-state index in [2.05, 4.69) is 24.3 Å². The van der Waals surface area contributed by atoms with Crippen molar-refractivity contribution in [1.29, 1.82) is 0 Å². The topological polar surface area (TPSA) is 43.1 Å². The fourth-order valence-corrected chi connectivity index (χ4v) is 2.86. The summed E-state index contributed by atoms with van der Waals surface area (Å²) in [5.41, 5.74) is 10.3. The van der Waals surface area contributed by atoms with E-state index in [1.165, 1.54) is 17.7 Å². The van der Waals surface area contributed by atoms with Gasteiger partial charge in [-0.25, -0.2) is 4.39 Å². The first-order valence-electron chi connectivity index (χ1n) is 8.35. The van der Waals surface area contributed by atoms with Crippen LogP contribution < -0.4 is 5.73 Å². The molecule has 126 valence electrons. The zero-order chi connectivity index (χ0) is 17.6. The fraction of sp³-hybridized carbons (Fsp3) is 0.136. The van der Waals surface area contributed by atoms with Gasteiger partial charge >= 0.3 is 0 Å². The largest absolute Gasteiger partial charge is 0.366 e. The number of aryl methyl sites for hydroxylation is 2. The van der Waals surface area contributed by atoms with Gasteiger partial charge in [0.15, 0.2) is 0 Å². The fourth-order valence-electron chi connectivity index (χ4n) is 2.86. The van der Waals surface area contributed by atoms with Gasteiger partial charge in [-0.05, 0) is 65.8 Å². The first kappa shape index (κ1) is 16.9. The molecule has 3 aromatic rings. The summed E-state index contributed by atoms with van der Waals surface area (Å²) in [4.78, 5) is 11.3. The highest BCUT2D eigenvalue weighted by molar-refractivity contribution is 5.94. The summed E-state index contributed by atoms with van der Waals surface area (Å²) in [5.74, 6) is -0.612. The van der Waals surface area contributed by atoms with Crippen molar-refractivity contribution in [3.05, 3.63) is 95.3 Å². The Balaban J connectivity index is 1.61. The van der Waals surface area contributed by atoms with Gasteiger partial charge in [0.05, 0.1) is 0 Å². The summed E-state index contributed by atoms with van der Waals surface area (Å²) in [6, 6.07) is 22.4. The van der Waals surface area contributed by atoms with Crippen LogP contribution in [0.25, 0.3) is 11.1 Å². The molecular weight excluding hydrogens is 313 g/mol. The highest BCUT2D eigenvalue weighted by atomic mass is 19.1. The van der Waals surface area contributed by atoms with Crippen molar-refractivity contribution in [3.8, 4) is 11.1 Å². The molecule has 25 heavy (non-hydrogen) atoms. The summed E-state index contributed by atoms with van der Waals surface area (Å²) in [6.45, 7) is 0. The van der Waals surface area contributed by atoms with Crippen LogP contribution in [0.5, 0.6) is 0 Å². The lowest BCUT2D eigenvalue weighted by Gasteiger charge is -2.06. The van der Waals surface area contributed by atoms with Crippen molar-refractivity contribution in [2.45, 2.75) is 19.3 Å². The van der Waals surface area contributed by atoms with Crippen molar-refractivity contribution < 1.29 is 9.18 Å². The lowest BCUT2D eigenvalue weighted by molar-refractivity contribution is 0.100. The number of hydrogen-bond donors (Lipinski definition) is 1. The molecule has 0 heterocycles. The highest BCUT2D eigenvalue weighted by Crippen LogP contribution is 2.21. The molecule has 2 N–H and O–H groups in total. The van der Waals surface area contributed by atoms with Crippen LogP contribution in [0.1, 0.15) is 27.9 Å². The van der Waals surface area contributed by atoms with E-state index >= 15 is 0 Å². The second-order valence-corrected chi connectivity index (χ2v) is 6.12. The molecule has 0 saturated heterocycles. The van der Waals surface area contributed by atoms with E-state index < -0.39 is 5.91 Å². The third-order valence-corrected chi connectivity index (χ3v) is 4.28. The number of rotatable bonds is 6. The summed E-state index contributed by atoms with van der Waals surface area (Å²) < 4.78 is 12.9. The van der Waals surface area contributed by atoms with Crippen molar-refractivity contribution in [3.63, 3.8) is 0 Å². The lowest BCUT2D eigenvalue weighted by atomic mass is 9.99. The predicted molar refractivity (Wildman–Crippen MR) is 98.8 cm³/mol. The van der Waals surface area contributed by atoms with Crippen LogP contribution in [0.15, 0.2) is 72.8 Å². The maximum absolute atomic E-state index is 12.9. The average Bonchev–Trinajstić information content (AvgIpc) is 2.64. The Morgan fingerprint density at radius 1 is 0.800 bits per heavy atom. The monoisotopic (exact) mass is 333 g/mol. The minimum absolute atomic E-state index is 0.195. The van der Waals surface area contributed by atoms with Crippen LogP contribution in [-0.2, 0) is 12.8 Å². The summed E-state index contributed by atoms with van der Waals surface area (Å²) in [5, 5.41) is 0. The average molecular weight is 333 g/mol. The zero-order valence-electron chi connectivity index (χ0n) is 13.9. The molecule has 1 amide bonds. The number of primary amides is 1. The molecular formula is C22H20FNO. The van der Waals surface area contributed by atoms with Crippen LogP contribution >= 0.6 is 0 Å². The minimum Gasteiger partial charge on any atom is -0.366 e. The molecule has 0 aliphatic rings. The van der Waals surface area contributed by atoms with E-state index in [4.69, 9.17) is 5.73 Å². The molecule has 0 aliphatic carbocycles. The molecule has 0 saturated carbocycles. The molecule has 3 heteroatoms. The van der Waals surface area contributed by atoms with Crippen molar-refractivity contribution in [2.24, 2.45) is 5.73 Å². The Hall–Kier alpha value is -2.94. The third-order valence-electron chi connectivity index (χ3n) is 4.28.